The number of Topliss-reactive ketones (excluding diaryl/α,β-unsaturated/α-hetero) is 1. The maximum absolute atomic E-state index is 13.7. The van der Waals surface area contributed by atoms with Gasteiger partial charge in [0.15, 0.2) is 5.82 Å². The van der Waals surface area contributed by atoms with Crippen molar-refractivity contribution in [2.75, 3.05) is 44.3 Å². The first-order valence-corrected chi connectivity index (χ1v) is 17.6. The van der Waals surface area contributed by atoms with Crippen LogP contribution in [0.15, 0.2) is 54.6 Å². The Kier molecular flexibility index (Phi) is 10.7. The van der Waals surface area contributed by atoms with Crippen LogP contribution in [0.1, 0.15) is 52.2 Å². The topological polar surface area (TPSA) is 182 Å². The van der Waals surface area contributed by atoms with Gasteiger partial charge in [-0.1, -0.05) is 52.9 Å². The van der Waals surface area contributed by atoms with Gasteiger partial charge in [0, 0.05) is 42.3 Å². The van der Waals surface area contributed by atoms with E-state index in [9.17, 15) is 24.8 Å². The van der Waals surface area contributed by atoms with Crippen molar-refractivity contribution in [3.8, 4) is 17.6 Å². The smallest absolute Gasteiger partial charge is 0.295 e. The maximum atomic E-state index is 13.7. The van der Waals surface area contributed by atoms with Crippen LogP contribution in [0.2, 0.25) is 0 Å². The summed E-state index contributed by atoms with van der Waals surface area (Å²) in [6, 6.07) is 11.6. The first-order valence-electron chi connectivity index (χ1n) is 16.1. The third-order valence-corrected chi connectivity index (χ3v) is 9.82. The molecule has 15 heteroatoms. The summed E-state index contributed by atoms with van der Waals surface area (Å²) in [4.78, 5) is 55.6. The number of ether oxygens (including phenoxy) is 1. The van der Waals surface area contributed by atoms with Crippen LogP contribution in [0.5, 0.6) is 5.75 Å². The van der Waals surface area contributed by atoms with E-state index in [1.807, 2.05) is 30.3 Å². The third-order valence-electron chi connectivity index (χ3n) is 9.06. The number of ketones is 1. The Labute approximate surface area is 296 Å². The number of nitriles is 1. The molecule has 3 aromatic heterocycles. The van der Waals surface area contributed by atoms with E-state index in [-0.39, 0.29) is 41.6 Å². The van der Waals surface area contributed by atoms with Crippen LogP contribution >= 0.6 is 22.6 Å². The number of carbonyl (C=O) groups excluding carboxylic acids is 3. The van der Waals surface area contributed by atoms with Crippen LogP contribution < -0.4 is 10.1 Å². The van der Waals surface area contributed by atoms with Gasteiger partial charge in [-0.3, -0.25) is 19.3 Å². The number of H-pyrrole nitrogens is 1. The van der Waals surface area contributed by atoms with Crippen LogP contribution in [0, 0.1) is 11.3 Å². The van der Waals surface area contributed by atoms with E-state index in [1.54, 1.807) is 0 Å². The highest BCUT2D eigenvalue weighted by atomic mass is 127. The Hall–Kier alpha value is -4.66. The number of hydrogen-bond donors (Lipinski definition) is 3. The zero-order valence-electron chi connectivity index (χ0n) is 26.9. The molecule has 0 aliphatic carbocycles. The molecule has 14 nitrogen and oxygen atoms in total. The minimum absolute atomic E-state index is 0.00695. The Morgan fingerprint density at radius 3 is 2.65 bits per heavy atom. The number of allylic oxidation sites excluding steroid dienone is 1. The van der Waals surface area contributed by atoms with Crippen LogP contribution in [0.4, 0.5) is 0 Å². The molecular weight excluding hydrogens is 741 g/mol. The number of aliphatic hydroxyl groups excluding tert-OH is 1. The molecule has 3 N–H and O–H groups in total. The average Bonchev–Trinajstić information content (AvgIpc) is 3.90. The highest BCUT2D eigenvalue weighted by Gasteiger charge is 2.33. The molecule has 2 atom stereocenters. The standard InChI is InChI=1S/C34H36IN9O5/c1-49-27-17-38-32(44-20-39-31(41-44)33(47)40-23-14-24(19-45)43(18-23)11-5-10-35)29-28(27)26(16-37-29)30(46)34(48)42-12-8-22(9-13-42)25(15-36)21-6-3-2-4-7-21/h2-4,6-7,16-17,20,23-24,37,45H,5,8-14,18-19H2,1H3,(H,40,47)/t23-,24-/m0/s1. The minimum Gasteiger partial charge on any atom is -0.494 e. The van der Waals surface area contributed by atoms with Crippen molar-refractivity contribution in [1.82, 2.24) is 39.8 Å². The highest BCUT2D eigenvalue weighted by Crippen LogP contribution is 2.33. The predicted octanol–water partition coefficient (Wildman–Crippen LogP) is 2.92. The molecular formula is C34H36IN9O5. The fourth-order valence-electron chi connectivity index (χ4n) is 6.59. The van der Waals surface area contributed by atoms with Crippen molar-refractivity contribution in [3.05, 3.63) is 71.6 Å². The number of aromatic nitrogens is 5. The van der Waals surface area contributed by atoms with Crippen LogP contribution in [0.3, 0.4) is 0 Å². The van der Waals surface area contributed by atoms with Gasteiger partial charge < -0.3 is 25.0 Å². The molecule has 2 saturated heterocycles. The van der Waals surface area contributed by atoms with E-state index < -0.39 is 17.6 Å². The number of fused-ring (bicyclic) bond motifs is 1. The summed E-state index contributed by atoms with van der Waals surface area (Å²) >= 11 is 2.33. The van der Waals surface area contributed by atoms with E-state index in [0.29, 0.717) is 55.4 Å². The number of methoxy groups -OCH3 is 1. The van der Waals surface area contributed by atoms with Crippen molar-refractivity contribution >= 4 is 56.7 Å². The molecule has 2 amide bonds. The molecule has 0 radical (unpaired) electrons. The second kappa shape index (κ2) is 15.3. The van der Waals surface area contributed by atoms with Gasteiger partial charge in [0.1, 0.15) is 12.1 Å². The van der Waals surface area contributed by atoms with Gasteiger partial charge in [-0.05, 0) is 43.4 Å². The molecule has 0 bridgehead atoms. The Morgan fingerprint density at radius 1 is 1.18 bits per heavy atom. The number of amides is 2. The van der Waals surface area contributed by atoms with E-state index in [4.69, 9.17) is 4.74 Å². The van der Waals surface area contributed by atoms with Gasteiger partial charge in [-0.25, -0.2) is 9.97 Å². The number of hydrogen-bond acceptors (Lipinski definition) is 10. The number of aromatic amines is 1. The van der Waals surface area contributed by atoms with Gasteiger partial charge in [0.05, 0.1) is 48.0 Å². The number of nitrogens with one attached hydrogen (secondary N) is 2. The number of rotatable bonds is 11. The third kappa shape index (κ3) is 7.07. The van der Waals surface area contributed by atoms with E-state index in [1.165, 1.54) is 35.4 Å². The summed E-state index contributed by atoms with van der Waals surface area (Å²) in [5.74, 6) is -1.31. The molecule has 5 heterocycles. The molecule has 0 saturated carbocycles. The number of likely N-dealkylation sites (tertiary alicyclic amines) is 2. The number of pyridine rings is 1. The van der Waals surface area contributed by atoms with Gasteiger partial charge in [0.2, 0.25) is 5.82 Å². The fraction of sp³-hybridized carbons (Fsp3) is 0.382. The van der Waals surface area contributed by atoms with Crippen molar-refractivity contribution in [2.24, 2.45) is 0 Å². The number of alkyl halides is 1. The molecule has 2 aliphatic rings. The van der Waals surface area contributed by atoms with E-state index in [2.05, 4.69) is 58.9 Å². The monoisotopic (exact) mass is 777 g/mol. The molecule has 2 fully saturated rings. The van der Waals surface area contributed by atoms with Gasteiger partial charge >= 0.3 is 0 Å². The van der Waals surface area contributed by atoms with Crippen molar-refractivity contribution in [1.29, 1.82) is 5.26 Å². The summed E-state index contributed by atoms with van der Waals surface area (Å²) in [6.45, 7) is 2.14. The second-order valence-electron chi connectivity index (χ2n) is 12.0. The van der Waals surface area contributed by atoms with Gasteiger partial charge in [-0.15, -0.1) is 5.10 Å². The van der Waals surface area contributed by atoms with Crippen LogP contribution in [-0.2, 0) is 4.79 Å². The lowest BCUT2D eigenvalue weighted by Gasteiger charge is -2.28. The largest absolute Gasteiger partial charge is 0.494 e. The van der Waals surface area contributed by atoms with E-state index >= 15 is 0 Å². The maximum Gasteiger partial charge on any atom is 0.295 e. The first-order chi connectivity index (χ1) is 23.9. The number of carbonyl (C=O) groups is 3. The fourth-order valence-corrected chi connectivity index (χ4v) is 6.93. The summed E-state index contributed by atoms with van der Waals surface area (Å²) < 4.78 is 7.88. The van der Waals surface area contributed by atoms with Crippen LogP contribution in [-0.4, -0.2) is 114 Å². The van der Waals surface area contributed by atoms with Crippen molar-refractivity contribution in [3.63, 3.8) is 0 Å². The van der Waals surface area contributed by atoms with Crippen molar-refractivity contribution in [2.45, 2.75) is 37.8 Å². The highest BCUT2D eigenvalue weighted by molar-refractivity contribution is 14.1. The Balaban J connectivity index is 1.18. The number of nitrogens with zero attached hydrogens (tertiary/aromatic N) is 7. The molecule has 0 spiro atoms. The van der Waals surface area contributed by atoms with E-state index in [0.717, 1.165) is 28.5 Å². The van der Waals surface area contributed by atoms with Crippen molar-refractivity contribution < 1.29 is 24.2 Å². The Bertz CT molecular complexity index is 1920. The summed E-state index contributed by atoms with van der Waals surface area (Å²) in [6.07, 6.45) is 6.85. The average molecular weight is 778 g/mol. The minimum atomic E-state index is -0.707. The number of piperidine rings is 1. The zero-order valence-corrected chi connectivity index (χ0v) is 29.1. The molecule has 0 unspecified atom stereocenters. The predicted molar refractivity (Wildman–Crippen MR) is 189 cm³/mol. The molecule has 1 aromatic carbocycles. The number of benzene rings is 1. The quantitative estimate of drug-likeness (QED) is 0.0674. The summed E-state index contributed by atoms with van der Waals surface area (Å²) in [5, 5.41) is 27.3. The molecule has 49 heavy (non-hydrogen) atoms. The van der Waals surface area contributed by atoms with Crippen LogP contribution in [0.25, 0.3) is 22.3 Å². The molecule has 2 aliphatic heterocycles. The number of aliphatic hydroxyl groups is 1. The molecule has 4 aromatic rings. The van der Waals surface area contributed by atoms with Gasteiger partial charge in [-0.2, -0.15) is 9.94 Å². The first kappa shape index (κ1) is 34.2. The molecule has 254 valence electrons. The summed E-state index contributed by atoms with van der Waals surface area (Å²) in [5.41, 5.74) is 2.91. The number of halogens is 1. The lowest BCUT2D eigenvalue weighted by atomic mass is 9.93. The second-order valence-corrected chi connectivity index (χ2v) is 13.1. The molecule has 6 rings (SSSR count). The Morgan fingerprint density at radius 2 is 1.96 bits per heavy atom. The zero-order chi connectivity index (χ0) is 34.5. The van der Waals surface area contributed by atoms with Gasteiger partial charge in [0.25, 0.3) is 17.6 Å². The summed E-state index contributed by atoms with van der Waals surface area (Å²) in [7, 11) is 1.45. The normalized spacial score (nSPS) is 18.0. The lowest BCUT2D eigenvalue weighted by Crippen LogP contribution is -2.40. The SMILES string of the molecule is COc1cnc(-n2cnc(C(=O)N[C@H]3C[C@@H](CO)N(CCCI)C3)n2)c2[nH]cc(C(=O)C(=O)N3CCC(=C(C#N)c4ccccc4)CC3)c12. The lowest BCUT2D eigenvalue weighted by molar-refractivity contribution is -0.126.